The molecule has 0 aromatic heterocycles. The second-order valence-corrected chi connectivity index (χ2v) is 9.40. The van der Waals surface area contributed by atoms with Crippen LogP contribution in [0.1, 0.15) is 68.3 Å². The van der Waals surface area contributed by atoms with Crippen molar-refractivity contribution in [3.8, 4) is 5.75 Å². The molecule has 0 unspecified atom stereocenters. The van der Waals surface area contributed by atoms with Gasteiger partial charge in [-0.05, 0) is 54.6 Å². The van der Waals surface area contributed by atoms with Crippen LogP contribution in [-0.4, -0.2) is 23.3 Å². The molecule has 0 radical (unpaired) electrons. The average Bonchev–Trinajstić information content (AvgIpc) is 3.18. The van der Waals surface area contributed by atoms with Crippen molar-refractivity contribution in [1.82, 2.24) is 4.90 Å². The predicted octanol–water partition coefficient (Wildman–Crippen LogP) is 7.70. The van der Waals surface area contributed by atoms with Crippen molar-refractivity contribution < 1.29 is 9.53 Å². The molecule has 0 bridgehead atoms. The maximum Gasteiger partial charge on any atom is 0.255 e. The fourth-order valence-corrected chi connectivity index (χ4v) is 4.76. The molecule has 1 heterocycles. The zero-order chi connectivity index (χ0) is 22.8. The minimum Gasteiger partial charge on any atom is -0.492 e. The Balaban J connectivity index is 1.50. The Kier molecular flexibility index (Phi) is 9.82. The molecule has 4 nitrogen and oxygen atoms in total. The second-order valence-electron chi connectivity index (χ2n) is 8.17. The van der Waals surface area contributed by atoms with Crippen LogP contribution < -0.4 is 10.1 Å². The number of carbonyl (C=O) groups excluding carboxylic acids is 1. The highest BCUT2D eigenvalue weighted by molar-refractivity contribution is 8.02. The molecule has 0 fully saturated rings. The van der Waals surface area contributed by atoms with Crippen LogP contribution in [0.5, 0.6) is 5.75 Å². The number of allylic oxidation sites excluding steroid dienone is 1. The van der Waals surface area contributed by atoms with Crippen LogP contribution in [-0.2, 0) is 6.54 Å². The zero-order valence-electron chi connectivity index (χ0n) is 19.0. The summed E-state index contributed by atoms with van der Waals surface area (Å²) in [6.07, 6.45) is 7.28. The molecule has 32 heavy (non-hydrogen) atoms. The van der Waals surface area contributed by atoms with E-state index in [0.29, 0.717) is 22.9 Å². The molecule has 0 aliphatic carbocycles. The van der Waals surface area contributed by atoms with E-state index in [0.717, 1.165) is 30.1 Å². The SMILES string of the molecule is CCCCCCCCOc1ccc(C(=O)Nc2cccc(CN3CSC=C3C)c2)cc1Cl. The van der Waals surface area contributed by atoms with Gasteiger partial charge in [0, 0.05) is 23.5 Å². The standard InChI is InChI=1S/C26H33ClN2O2S/c1-3-4-5-6-7-8-14-31-25-13-12-22(16-24(25)27)26(30)28-23-11-9-10-21(15-23)17-29-19-32-18-20(29)2/h9-13,15-16,18H,3-8,14,17,19H2,1-2H3,(H,28,30). The number of nitrogens with one attached hydrogen (secondary N) is 1. The van der Waals surface area contributed by atoms with E-state index in [-0.39, 0.29) is 5.91 Å². The van der Waals surface area contributed by atoms with Crippen LogP contribution in [0.3, 0.4) is 0 Å². The van der Waals surface area contributed by atoms with Crippen molar-refractivity contribution in [3.63, 3.8) is 0 Å². The highest BCUT2D eigenvalue weighted by Crippen LogP contribution is 2.27. The first-order valence-electron chi connectivity index (χ1n) is 11.4. The summed E-state index contributed by atoms with van der Waals surface area (Å²) >= 11 is 8.18. The van der Waals surface area contributed by atoms with Gasteiger partial charge in [-0.1, -0.05) is 62.8 Å². The van der Waals surface area contributed by atoms with Gasteiger partial charge in [0.2, 0.25) is 0 Å². The quantitative estimate of drug-likeness (QED) is 0.321. The summed E-state index contributed by atoms with van der Waals surface area (Å²) < 4.78 is 5.81. The van der Waals surface area contributed by atoms with Gasteiger partial charge < -0.3 is 15.0 Å². The third kappa shape index (κ3) is 7.49. The van der Waals surface area contributed by atoms with Gasteiger partial charge in [0.25, 0.3) is 5.91 Å². The maximum absolute atomic E-state index is 12.7. The lowest BCUT2D eigenvalue weighted by molar-refractivity contribution is 0.102. The topological polar surface area (TPSA) is 41.6 Å². The Labute approximate surface area is 201 Å². The number of halogens is 1. The highest BCUT2D eigenvalue weighted by atomic mass is 35.5. The first kappa shape index (κ1) is 24.5. The van der Waals surface area contributed by atoms with Crippen LogP contribution in [0.25, 0.3) is 0 Å². The highest BCUT2D eigenvalue weighted by Gasteiger charge is 2.13. The van der Waals surface area contributed by atoms with E-state index < -0.39 is 0 Å². The Morgan fingerprint density at radius 1 is 1.12 bits per heavy atom. The maximum atomic E-state index is 12.7. The van der Waals surface area contributed by atoms with E-state index in [2.05, 4.69) is 35.5 Å². The largest absolute Gasteiger partial charge is 0.492 e. The third-order valence-electron chi connectivity index (χ3n) is 5.49. The number of hydrogen-bond donors (Lipinski definition) is 1. The molecular weight excluding hydrogens is 440 g/mol. The molecule has 0 spiro atoms. The lowest BCUT2D eigenvalue weighted by Crippen LogP contribution is -2.17. The number of carbonyl (C=O) groups is 1. The van der Waals surface area contributed by atoms with E-state index in [9.17, 15) is 4.79 Å². The minimum atomic E-state index is -0.181. The minimum absolute atomic E-state index is 0.181. The molecule has 1 aliphatic rings. The van der Waals surface area contributed by atoms with Gasteiger partial charge in [0.1, 0.15) is 5.75 Å². The molecule has 172 valence electrons. The molecule has 2 aromatic rings. The van der Waals surface area contributed by atoms with Crippen LogP contribution in [0.15, 0.2) is 53.6 Å². The number of hydrogen-bond acceptors (Lipinski definition) is 4. The Hall–Kier alpha value is -2.11. The molecule has 1 amide bonds. The lowest BCUT2D eigenvalue weighted by atomic mass is 10.1. The summed E-state index contributed by atoms with van der Waals surface area (Å²) in [5.41, 5.74) is 3.73. The number of amides is 1. The van der Waals surface area contributed by atoms with Crippen LogP contribution in [0.2, 0.25) is 5.02 Å². The number of rotatable bonds is 12. The van der Waals surface area contributed by atoms with Crippen LogP contribution in [0.4, 0.5) is 5.69 Å². The van der Waals surface area contributed by atoms with E-state index in [1.807, 2.05) is 18.2 Å². The van der Waals surface area contributed by atoms with Gasteiger partial charge in [-0.25, -0.2) is 0 Å². The van der Waals surface area contributed by atoms with Crippen molar-refractivity contribution in [3.05, 3.63) is 69.7 Å². The number of unbranched alkanes of at least 4 members (excludes halogenated alkanes) is 5. The predicted molar refractivity (Wildman–Crippen MR) is 136 cm³/mol. The zero-order valence-corrected chi connectivity index (χ0v) is 20.6. The molecule has 6 heteroatoms. The molecule has 1 N–H and O–H groups in total. The van der Waals surface area contributed by atoms with Crippen molar-refractivity contribution >= 4 is 35.0 Å². The third-order valence-corrected chi connectivity index (χ3v) is 6.75. The lowest BCUT2D eigenvalue weighted by Gasteiger charge is -2.19. The smallest absolute Gasteiger partial charge is 0.255 e. The molecule has 2 aromatic carbocycles. The molecule has 3 rings (SSSR count). The Bertz CT molecular complexity index is 932. The number of anilines is 1. The number of nitrogens with zero attached hydrogens (tertiary/aromatic N) is 1. The van der Waals surface area contributed by atoms with Crippen molar-refractivity contribution in [1.29, 1.82) is 0 Å². The second kappa shape index (κ2) is 12.8. The Morgan fingerprint density at radius 2 is 1.94 bits per heavy atom. The van der Waals surface area contributed by atoms with E-state index in [1.54, 1.807) is 30.0 Å². The average molecular weight is 473 g/mol. The fourth-order valence-electron chi connectivity index (χ4n) is 3.59. The summed E-state index contributed by atoms with van der Waals surface area (Å²) in [5, 5.41) is 5.62. The molecular formula is C26H33ClN2O2S. The summed E-state index contributed by atoms with van der Waals surface area (Å²) in [4.78, 5) is 15.1. The van der Waals surface area contributed by atoms with Gasteiger partial charge in [0.05, 0.1) is 17.5 Å². The van der Waals surface area contributed by atoms with Crippen molar-refractivity contribution in [2.24, 2.45) is 0 Å². The first-order chi connectivity index (χ1) is 15.6. The molecule has 0 saturated heterocycles. The molecule has 0 saturated carbocycles. The number of benzene rings is 2. The van der Waals surface area contributed by atoms with Gasteiger partial charge in [-0.2, -0.15) is 0 Å². The summed E-state index contributed by atoms with van der Waals surface area (Å²) in [6, 6.07) is 13.2. The summed E-state index contributed by atoms with van der Waals surface area (Å²) in [7, 11) is 0. The van der Waals surface area contributed by atoms with E-state index >= 15 is 0 Å². The van der Waals surface area contributed by atoms with Gasteiger partial charge in [-0.15, -0.1) is 11.8 Å². The summed E-state index contributed by atoms with van der Waals surface area (Å²) in [6.45, 7) is 5.82. The number of ether oxygens (including phenoxy) is 1. The summed E-state index contributed by atoms with van der Waals surface area (Å²) in [5.74, 6) is 1.42. The van der Waals surface area contributed by atoms with E-state index in [1.165, 1.54) is 37.8 Å². The van der Waals surface area contributed by atoms with Gasteiger partial charge >= 0.3 is 0 Å². The first-order valence-corrected chi connectivity index (χ1v) is 12.9. The monoisotopic (exact) mass is 472 g/mol. The Morgan fingerprint density at radius 3 is 2.69 bits per heavy atom. The van der Waals surface area contributed by atoms with Gasteiger partial charge in [-0.3, -0.25) is 4.79 Å². The van der Waals surface area contributed by atoms with Crippen LogP contribution in [0, 0.1) is 0 Å². The fraction of sp³-hybridized carbons (Fsp3) is 0.423. The van der Waals surface area contributed by atoms with Gasteiger partial charge in [0.15, 0.2) is 0 Å². The van der Waals surface area contributed by atoms with Crippen LogP contribution >= 0.6 is 23.4 Å². The van der Waals surface area contributed by atoms with Crippen molar-refractivity contribution in [2.45, 2.75) is 58.9 Å². The van der Waals surface area contributed by atoms with Crippen molar-refractivity contribution in [2.75, 3.05) is 17.8 Å². The number of thioether (sulfide) groups is 1. The molecule has 1 aliphatic heterocycles. The normalized spacial score (nSPS) is 13.2. The molecule has 0 atom stereocenters. The van der Waals surface area contributed by atoms with E-state index in [4.69, 9.17) is 16.3 Å².